The quantitative estimate of drug-likeness (QED) is 0.638. The second-order valence-electron chi connectivity index (χ2n) is 4.99. The lowest BCUT2D eigenvalue weighted by Gasteiger charge is -2.18. The summed E-state index contributed by atoms with van der Waals surface area (Å²) in [6.45, 7) is 1.28. The molecular weight excluding hydrogens is 240 g/mol. The number of nitrogens with one attached hydrogen (secondary N) is 2. The molecule has 0 aromatic heterocycles. The van der Waals surface area contributed by atoms with Crippen LogP contribution in [0.15, 0.2) is 0 Å². The molecule has 2 N–H and O–H groups in total. The SMILES string of the molecule is CNCCCS(=O)(=O)NCC1CC2CCC1O2. The van der Waals surface area contributed by atoms with Crippen molar-refractivity contribution < 1.29 is 13.2 Å². The van der Waals surface area contributed by atoms with Crippen LogP contribution in [0.5, 0.6) is 0 Å². The molecule has 5 nitrogen and oxygen atoms in total. The van der Waals surface area contributed by atoms with Gasteiger partial charge in [0.15, 0.2) is 0 Å². The fourth-order valence-corrected chi connectivity index (χ4v) is 3.84. The molecule has 2 fully saturated rings. The molecule has 3 unspecified atom stereocenters. The predicted octanol–water partition coefficient (Wildman–Crippen LogP) is 0.0828. The summed E-state index contributed by atoms with van der Waals surface area (Å²) in [6, 6.07) is 0. The van der Waals surface area contributed by atoms with Crippen LogP contribution >= 0.6 is 0 Å². The Balaban J connectivity index is 1.70. The molecule has 0 amide bonds. The maximum atomic E-state index is 11.7. The van der Waals surface area contributed by atoms with Gasteiger partial charge in [-0.3, -0.25) is 0 Å². The van der Waals surface area contributed by atoms with E-state index in [4.69, 9.17) is 4.74 Å². The van der Waals surface area contributed by atoms with Crippen molar-refractivity contribution in [1.29, 1.82) is 0 Å². The number of sulfonamides is 1. The zero-order chi connectivity index (χ0) is 12.3. The van der Waals surface area contributed by atoms with Crippen molar-refractivity contribution in [3.05, 3.63) is 0 Å². The summed E-state index contributed by atoms with van der Waals surface area (Å²) in [5.74, 6) is 0.586. The molecule has 0 aromatic carbocycles. The summed E-state index contributed by atoms with van der Waals surface area (Å²) < 4.78 is 31.8. The molecule has 17 heavy (non-hydrogen) atoms. The molecule has 2 heterocycles. The highest BCUT2D eigenvalue weighted by atomic mass is 32.2. The third-order valence-electron chi connectivity index (χ3n) is 3.64. The van der Waals surface area contributed by atoms with Gasteiger partial charge in [-0.15, -0.1) is 0 Å². The van der Waals surface area contributed by atoms with Gasteiger partial charge in [0.25, 0.3) is 0 Å². The van der Waals surface area contributed by atoms with Gasteiger partial charge in [-0.25, -0.2) is 13.1 Å². The molecule has 0 aliphatic carbocycles. The van der Waals surface area contributed by atoms with Crippen molar-refractivity contribution in [1.82, 2.24) is 10.0 Å². The van der Waals surface area contributed by atoms with Crippen molar-refractivity contribution in [2.45, 2.75) is 37.9 Å². The van der Waals surface area contributed by atoms with Gasteiger partial charge in [0, 0.05) is 12.5 Å². The molecule has 3 atom stereocenters. The Kier molecular flexibility index (Phi) is 4.41. The number of hydrogen-bond donors (Lipinski definition) is 2. The summed E-state index contributed by atoms with van der Waals surface area (Å²) in [5, 5.41) is 2.95. The molecule has 2 bridgehead atoms. The predicted molar refractivity (Wildman–Crippen MR) is 66.3 cm³/mol. The van der Waals surface area contributed by atoms with Crippen LogP contribution < -0.4 is 10.0 Å². The van der Waals surface area contributed by atoms with Gasteiger partial charge >= 0.3 is 0 Å². The largest absolute Gasteiger partial charge is 0.375 e. The van der Waals surface area contributed by atoms with Crippen LogP contribution in [-0.2, 0) is 14.8 Å². The lowest BCUT2D eigenvalue weighted by atomic mass is 9.89. The van der Waals surface area contributed by atoms with Gasteiger partial charge in [-0.1, -0.05) is 0 Å². The average molecular weight is 262 g/mol. The highest BCUT2D eigenvalue weighted by Crippen LogP contribution is 2.38. The van der Waals surface area contributed by atoms with Crippen LogP contribution in [0.25, 0.3) is 0 Å². The molecule has 100 valence electrons. The van der Waals surface area contributed by atoms with E-state index in [1.54, 1.807) is 0 Å². The second kappa shape index (κ2) is 5.65. The van der Waals surface area contributed by atoms with E-state index in [2.05, 4.69) is 10.0 Å². The third-order valence-corrected chi connectivity index (χ3v) is 5.07. The van der Waals surface area contributed by atoms with Gasteiger partial charge in [0.2, 0.25) is 10.0 Å². The first-order valence-electron chi connectivity index (χ1n) is 6.38. The summed E-state index contributed by atoms with van der Waals surface area (Å²) in [7, 11) is -1.28. The van der Waals surface area contributed by atoms with E-state index in [1.807, 2.05) is 7.05 Å². The van der Waals surface area contributed by atoms with E-state index < -0.39 is 10.0 Å². The number of hydrogen-bond acceptors (Lipinski definition) is 4. The molecular formula is C11H22N2O3S. The maximum Gasteiger partial charge on any atom is 0.211 e. The minimum Gasteiger partial charge on any atom is -0.375 e. The lowest BCUT2D eigenvalue weighted by molar-refractivity contribution is 0.0932. The van der Waals surface area contributed by atoms with E-state index in [0.29, 0.717) is 31.1 Å². The number of fused-ring (bicyclic) bond motifs is 2. The number of rotatable bonds is 7. The van der Waals surface area contributed by atoms with E-state index >= 15 is 0 Å². The normalized spacial score (nSPS) is 32.2. The third kappa shape index (κ3) is 3.64. The van der Waals surface area contributed by atoms with Crippen LogP contribution in [-0.4, -0.2) is 46.5 Å². The minimum atomic E-state index is -3.10. The summed E-state index contributed by atoms with van der Waals surface area (Å²) in [4.78, 5) is 0. The van der Waals surface area contributed by atoms with Crippen LogP contribution in [0, 0.1) is 5.92 Å². The molecule has 2 saturated heterocycles. The molecule has 0 saturated carbocycles. The number of ether oxygens (including phenoxy) is 1. The Morgan fingerprint density at radius 1 is 1.35 bits per heavy atom. The molecule has 0 radical (unpaired) electrons. The van der Waals surface area contributed by atoms with Crippen molar-refractivity contribution in [3.8, 4) is 0 Å². The Bertz CT molecular complexity index is 345. The van der Waals surface area contributed by atoms with Crippen molar-refractivity contribution >= 4 is 10.0 Å². The zero-order valence-electron chi connectivity index (χ0n) is 10.3. The van der Waals surface area contributed by atoms with Gasteiger partial charge in [-0.05, 0) is 39.3 Å². The molecule has 2 rings (SSSR count). The van der Waals surface area contributed by atoms with Crippen molar-refractivity contribution in [3.63, 3.8) is 0 Å². The van der Waals surface area contributed by atoms with Gasteiger partial charge in [0.05, 0.1) is 18.0 Å². The topological polar surface area (TPSA) is 67.4 Å². The molecule has 0 spiro atoms. The van der Waals surface area contributed by atoms with E-state index in [-0.39, 0.29) is 5.75 Å². The first kappa shape index (κ1) is 13.3. The van der Waals surface area contributed by atoms with Crippen LogP contribution in [0.4, 0.5) is 0 Å². The van der Waals surface area contributed by atoms with Gasteiger partial charge in [0.1, 0.15) is 0 Å². The first-order chi connectivity index (χ1) is 8.11. The smallest absolute Gasteiger partial charge is 0.211 e. The molecule has 2 aliphatic heterocycles. The lowest BCUT2D eigenvalue weighted by Crippen LogP contribution is -2.35. The van der Waals surface area contributed by atoms with E-state index in [0.717, 1.165) is 25.8 Å². The zero-order valence-corrected chi connectivity index (χ0v) is 11.1. The fourth-order valence-electron chi connectivity index (χ4n) is 2.70. The van der Waals surface area contributed by atoms with Crippen LogP contribution in [0.2, 0.25) is 0 Å². The highest BCUT2D eigenvalue weighted by molar-refractivity contribution is 7.89. The Hall–Kier alpha value is -0.170. The highest BCUT2D eigenvalue weighted by Gasteiger charge is 2.40. The van der Waals surface area contributed by atoms with Crippen molar-refractivity contribution in [2.75, 3.05) is 25.9 Å². The monoisotopic (exact) mass is 262 g/mol. The van der Waals surface area contributed by atoms with Crippen LogP contribution in [0.3, 0.4) is 0 Å². The van der Waals surface area contributed by atoms with Crippen molar-refractivity contribution in [2.24, 2.45) is 5.92 Å². The van der Waals surface area contributed by atoms with Crippen LogP contribution in [0.1, 0.15) is 25.7 Å². The standard InChI is InChI=1S/C11H22N2O3S/c1-12-5-2-6-17(14,15)13-8-9-7-10-3-4-11(9)16-10/h9-13H,2-8H2,1H3. The van der Waals surface area contributed by atoms with E-state index in [9.17, 15) is 8.42 Å². The Morgan fingerprint density at radius 2 is 2.18 bits per heavy atom. The Labute approximate surface area is 103 Å². The molecule has 6 heteroatoms. The Morgan fingerprint density at radius 3 is 2.76 bits per heavy atom. The second-order valence-corrected chi connectivity index (χ2v) is 6.92. The van der Waals surface area contributed by atoms with Gasteiger partial charge in [-0.2, -0.15) is 0 Å². The minimum absolute atomic E-state index is 0.204. The molecule has 2 aliphatic rings. The summed E-state index contributed by atoms with van der Waals surface area (Å²) >= 11 is 0. The molecule has 0 aromatic rings. The summed E-state index contributed by atoms with van der Waals surface area (Å²) in [5.41, 5.74) is 0. The summed E-state index contributed by atoms with van der Waals surface area (Å²) in [6.07, 6.45) is 4.59. The maximum absolute atomic E-state index is 11.7. The van der Waals surface area contributed by atoms with Gasteiger partial charge < -0.3 is 10.1 Å². The average Bonchev–Trinajstić information content (AvgIpc) is 2.88. The fraction of sp³-hybridized carbons (Fsp3) is 1.00. The van der Waals surface area contributed by atoms with E-state index in [1.165, 1.54) is 0 Å². The first-order valence-corrected chi connectivity index (χ1v) is 8.03.